The first-order valence-corrected chi connectivity index (χ1v) is 6.27. The zero-order valence-corrected chi connectivity index (χ0v) is 11.3. The minimum absolute atomic E-state index is 0.0648. The van der Waals surface area contributed by atoms with Crippen molar-refractivity contribution in [1.29, 1.82) is 0 Å². The topological polar surface area (TPSA) is 96.6 Å². The summed E-state index contributed by atoms with van der Waals surface area (Å²) in [5, 5.41) is 15.9. The second kappa shape index (κ2) is 5.28. The molecule has 0 aliphatic carbocycles. The first-order chi connectivity index (χ1) is 9.48. The van der Waals surface area contributed by atoms with Crippen molar-refractivity contribution in [2.24, 2.45) is 5.41 Å². The summed E-state index contributed by atoms with van der Waals surface area (Å²) in [5.41, 5.74) is -0.0166. The van der Waals surface area contributed by atoms with Gasteiger partial charge in [-0.25, -0.2) is 4.52 Å². The molecule has 2 rings (SSSR count). The number of carbonyl (C=O) groups is 2. The van der Waals surface area contributed by atoms with Crippen LogP contribution in [0.2, 0.25) is 0 Å². The van der Waals surface area contributed by atoms with Crippen LogP contribution in [0.1, 0.15) is 30.6 Å². The number of carbonyl (C=O) groups excluding carboxylic acids is 1. The molecule has 0 fully saturated rings. The standard InChI is InChI=1S/C13H16N4O3/c1-3-13(2,12(19)20)8-15-11(18)9-6-16-17-5-4-14-7-10(9)17/h4-7H,3,8H2,1-2H3,(H,15,18)(H,19,20). The molecule has 20 heavy (non-hydrogen) atoms. The van der Waals surface area contributed by atoms with Crippen molar-refractivity contribution >= 4 is 17.4 Å². The normalized spacial score (nSPS) is 13.9. The maximum Gasteiger partial charge on any atom is 0.311 e. The summed E-state index contributed by atoms with van der Waals surface area (Å²) < 4.78 is 1.54. The number of hydrogen-bond donors (Lipinski definition) is 2. The van der Waals surface area contributed by atoms with Crippen LogP contribution in [-0.2, 0) is 4.79 Å². The van der Waals surface area contributed by atoms with Crippen molar-refractivity contribution in [3.05, 3.63) is 30.4 Å². The average Bonchev–Trinajstić information content (AvgIpc) is 2.88. The van der Waals surface area contributed by atoms with E-state index >= 15 is 0 Å². The Morgan fingerprint density at radius 3 is 2.85 bits per heavy atom. The van der Waals surface area contributed by atoms with Gasteiger partial charge in [0, 0.05) is 18.9 Å². The van der Waals surface area contributed by atoms with Crippen molar-refractivity contribution in [1.82, 2.24) is 19.9 Å². The molecule has 7 nitrogen and oxygen atoms in total. The van der Waals surface area contributed by atoms with Crippen molar-refractivity contribution in [3.8, 4) is 0 Å². The number of hydrogen-bond acceptors (Lipinski definition) is 4. The minimum Gasteiger partial charge on any atom is -0.481 e. The molecule has 0 radical (unpaired) electrons. The zero-order chi connectivity index (χ0) is 14.8. The quantitative estimate of drug-likeness (QED) is 0.847. The summed E-state index contributed by atoms with van der Waals surface area (Å²) in [6.45, 7) is 3.45. The smallest absolute Gasteiger partial charge is 0.311 e. The number of carboxylic acid groups (broad SMARTS) is 1. The Morgan fingerprint density at radius 1 is 1.45 bits per heavy atom. The summed E-state index contributed by atoms with van der Waals surface area (Å²) in [7, 11) is 0. The van der Waals surface area contributed by atoms with Gasteiger partial charge in [0.05, 0.1) is 28.9 Å². The number of nitrogens with one attached hydrogen (secondary N) is 1. The molecule has 1 unspecified atom stereocenters. The lowest BCUT2D eigenvalue weighted by molar-refractivity contribution is -0.147. The lowest BCUT2D eigenvalue weighted by Gasteiger charge is -2.23. The van der Waals surface area contributed by atoms with E-state index in [2.05, 4.69) is 15.4 Å². The Labute approximate surface area is 115 Å². The summed E-state index contributed by atoms with van der Waals surface area (Å²) in [4.78, 5) is 27.3. The van der Waals surface area contributed by atoms with E-state index in [0.717, 1.165) is 0 Å². The van der Waals surface area contributed by atoms with Crippen LogP contribution in [0.15, 0.2) is 24.8 Å². The Balaban J connectivity index is 2.15. The minimum atomic E-state index is -0.975. The van der Waals surface area contributed by atoms with Gasteiger partial charge in [0.15, 0.2) is 0 Å². The van der Waals surface area contributed by atoms with E-state index in [0.29, 0.717) is 17.5 Å². The molecule has 0 bridgehead atoms. The Hall–Kier alpha value is -2.44. The molecule has 0 saturated carbocycles. The number of amides is 1. The number of aliphatic carboxylic acids is 1. The molecular formula is C13H16N4O3. The maximum atomic E-state index is 12.1. The maximum absolute atomic E-state index is 12.1. The molecule has 0 saturated heterocycles. The lowest BCUT2D eigenvalue weighted by atomic mass is 9.87. The van der Waals surface area contributed by atoms with Gasteiger partial charge in [-0.3, -0.25) is 14.6 Å². The molecule has 7 heteroatoms. The van der Waals surface area contributed by atoms with Gasteiger partial charge in [-0.15, -0.1) is 0 Å². The third-order valence-corrected chi connectivity index (χ3v) is 3.51. The van der Waals surface area contributed by atoms with Gasteiger partial charge in [0.2, 0.25) is 0 Å². The fraction of sp³-hybridized carbons (Fsp3) is 0.385. The van der Waals surface area contributed by atoms with E-state index in [1.807, 2.05) is 0 Å². The van der Waals surface area contributed by atoms with E-state index in [1.54, 1.807) is 26.2 Å². The van der Waals surface area contributed by atoms with Gasteiger partial charge < -0.3 is 10.4 Å². The molecule has 1 amide bonds. The molecule has 0 aliphatic rings. The number of nitrogens with zero attached hydrogens (tertiary/aromatic N) is 3. The second-order valence-corrected chi connectivity index (χ2v) is 4.87. The van der Waals surface area contributed by atoms with E-state index in [9.17, 15) is 9.59 Å². The van der Waals surface area contributed by atoms with Crippen LogP contribution in [0.3, 0.4) is 0 Å². The van der Waals surface area contributed by atoms with Crippen LogP contribution < -0.4 is 5.32 Å². The van der Waals surface area contributed by atoms with Gasteiger partial charge in [-0.1, -0.05) is 6.92 Å². The number of aromatic nitrogens is 3. The fourth-order valence-electron chi connectivity index (χ4n) is 1.73. The Bertz CT molecular complexity index is 652. The second-order valence-electron chi connectivity index (χ2n) is 4.87. The lowest BCUT2D eigenvalue weighted by Crippen LogP contribution is -2.40. The molecule has 0 spiro atoms. The highest BCUT2D eigenvalue weighted by molar-refractivity contribution is 6.00. The van der Waals surface area contributed by atoms with Crippen LogP contribution in [0.5, 0.6) is 0 Å². The average molecular weight is 276 g/mol. The SMILES string of the molecule is CCC(C)(CNC(=O)c1cnn2ccncc12)C(=O)O. The molecule has 2 N–H and O–H groups in total. The van der Waals surface area contributed by atoms with Gasteiger partial charge >= 0.3 is 5.97 Å². The molecule has 2 heterocycles. The first kappa shape index (κ1) is 14.0. The summed E-state index contributed by atoms with van der Waals surface area (Å²) in [5.74, 6) is -1.28. The van der Waals surface area contributed by atoms with Crippen molar-refractivity contribution in [2.45, 2.75) is 20.3 Å². The van der Waals surface area contributed by atoms with Crippen molar-refractivity contribution in [3.63, 3.8) is 0 Å². The van der Waals surface area contributed by atoms with Crippen LogP contribution in [0, 0.1) is 5.41 Å². The highest BCUT2D eigenvalue weighted by Crippen LogP contribution is 2.20. The predicted molar refractivity (Wildman–Crippen MR) is 71.4 cm³/mol. The highest BCUT2D eigenvalue weighted by atomic mass is 16.4. The molecule has 2 aromatic heterocycles. The van der Waals surface area contributed by atoms with E-state index in [-0.39, 0.29) is 12.5 Å². The Morgan fingerprint density at radius 2 is 2.20 bits per heavy atom. The number of carboxylic acids is 1. The largest absolute Gasteiger partial charge is 0.481 e. The fourth-order valence-corrected chi connectivity index (χ4v) is 1.73. The highest BCUT2D eigenvalue weighted by Gasteiger charge is 2.31. The van der Waals surface area contributed by atoms with Crippen LogP contribution >= 0.6 is 0 Å². The molecule has 2 aromatic rings. The van der Waals surface area contributed by atoms with Gasteiger partial charge in [-0.05, 0) is 13.3 Å². The summed E-state index contributed by atoms with van der Waals surface area (Å²) in [6, 6.07) is 0. The molecule has 1 atom stereocenters. The molecule has 0 aliphatic heterocycles. The third kappa shape index (κ3) is 2.47. The molecule has 106 valence electrons. The number of fused-ring (bicyclic) bond motifs is 1. The van der Waals surface area contributed by atoms with Crippen molar-refractivity contribution in [2.75, 3.05) is 6.54 Å². The van der Waals surface area contributed by atoms with Gasteiger partial charge in [0.1, 0.15) is 0 Å². The monoisotopic (exact) mass is 276 g/mol. The van der Waals surface area contributed by atoms with E-state index in [4.69, 9.17) is 5.11 Å². The van der Waals surface area contributed by atoms with Gasteiger partial charge in [0.25, 0.3) is 5.91 Å². The van der Waals surface area contributed by atoms with Gasteiger partial charge in [-0.2, -0.15) is 5.10 Å². The van der Waals surface area contributed by atoms with Crippen LogP contribution in [0.4, 0.5) is 0 Å². The first-order valence-electron chi connectivity index (χ1n) is 6.27. The van der Waals surface area contributed by atoms with Crippen molar-refractivity contribution < 1.29 is 14.7 Å². The zero-order valence-electron chi connectivity index (χ0n) is 11.3. The molecular weight excluding hydrogens is 260 g/mol. The van der Waals surface area contributed by atoms with E-state index in [1.165, 1.54) is 16.9 Å². The summed E-state index contributed by atoms with van der Waals surface area (Å²) in [6.07, 6.45) is 6.62. The number of rotatable bonds is 5. The Kier molecular flexibility index (Phi) is 3.69. The van der Waals surface area contributed by atoms with Crippen LogP contribution in [-0.4, -0.2) is 38.1 Å². The predicted octanol–water partition coefficient (Wildman–Crippen LogP) is 0.960. The summed E-state index contributed by atoms with van der Waals surface area (Å²) >= 11 is 0. The van der Waals surface area contributed by atoms with Crippen LogP contribution in [0.25, 0.3) is 5.52 Å². The van der Waals surface area contributed by atoms with E-state index < -0.39 is 11.4 Å². The third-order valence-electron chi connectivity index (χ3n) is 3.51. The molecule has 0 aromatic carbocycles.